The molecule has 2 aliphatic carbocycles. The summed E-state index contributed by atoms with van der Waals surface area (Å²) in [4.78, 5) is 23.2. The van der Waals surface area contributed by atoms with Crippen molar-refractivity contribution in [2.75, 3.05) is 7.11 Å². The topological polar surface area (TPSA) is 63.6 Å². The largest absolute Gasteiger partial charge is 0.478 e. The van der Waals surface area contributed by atoms with Crippen LogP contribution in [-0.2, 0) is 14.3 Å². The van der Waals surface area contributed by atoms with Gasteiger partial charge < -0.3 is 9.84 Å². The number of Topliss-reactive ketones (excluding diaryl/α,β-unsaturated/α-hetero) is 1. The van der Waals surface area contributed by atoms with E-state index in [0.717, 1.165) is 12.0 Å². The molecule has 1 N–H and O–H groups in total. The summed E-state index contributed by atoms with van der Waals surface area (Å²) in [5.74, 6) is -0.424. The first-order chi connectivity index (χ1) is 8.81. The SMILES string of the molecule is CO[C@@H]1CC(=O)[C@H](C)[C@H]2C/C(=C(\C)C(=O)O)C[C@@]21C. The average molecular weight is 266 g/mol. The van der Waals surface area contributed by atoms with Gasteiger partial charge in [0.25, 0.3) is 0 Å². The monoisotopic (exact) mass is 266 g/mol. The summed E-state index contributed by atoms with van der Waals surface area (Å²) in [6, 6.07) is 0. The van der Waals surface area contributed by atoms with E-state index in [-0.39, 0.29) is 29.1 Å². The molecule has 0 amide bonds. The Bertz CT molecular complexity index is 451. The molecule has 106 valence electrons. The lowest BCUT2D eigenvalue weighted by Gasteiger charge is -2.44. The summed E-state index contributed by atoms with van der Waals surface area (Å²) >= 11 is 0. The average Bonchev–Trinajstić information content (AvgIpc) is 2.72. The van der Waals surface area contributed by atoms with Crippen LogP contribution < -0.4 is 0 Å². The minimum absolute atomic E-state index is 0.00417. The van der Waals surface area contributed by atoms with Crippen molar-refractivity contribution in [3.63, 3.8) is 0 Å². The Morgan fingerprint density at radius 1 is 1.42 bits per heavy atom. The van der Waals surface area contributed by atoms with Crippen molar-refractivity contribution >= 4 is 11.8 Å². The Morgan fingerprint density at radius 3 is 2.58 bits per heavy atom. The molecule has 0 unspecified atom stereocenters. The molecule has 0 aliphatic heterocycles. The van der Waals surface area contributed by atoms with Gasteiger partial charge in [0, 0.05) is 30.4 Å². The smallest absolute Gasteiger partial charge is 0.331 e. The highest BCUT2D eigenvalue weighted by molar-refractivity contribution is 5.87. The molecule has 2 fully saturated rings. The number of carbonyl (C=O) groups excluding carboxylic acids is 1. The predicted molar refractivity (Wildman–Crippen MR) is 70.8 cm³/mol. The molecule has 2 rings (SSSR count). The third kappa shape index (κ3) is 2.12. The number of aliphatic carboxylic acids is 1. The maximum atomic E-state index is 12.0. The second-order valence-corrected chi connectivity index (χ2v) is 6.21. The molecule has 2 aliphatic rings. The number of carboxylic acid groups (broad SMARTS) is 1. The van der Waals surface area contributed by atoms with Gasteiger partial charge in [-0.2, -0.15) is 0 Å². The van der Waals surface area contributed by atoms with Crippen molar-refractivity contribution in [1.82, 2.24) is 0 Å². The van der Waals surface area contributed by atoms with Crippen LogP contribution in [-0.4, -0.2) is 30.1 Å². The standard InChI is InChI=1S/C15H22O4/c1-8(14(17)18)10-5-11-9(2)12(16)6-13(19-4)15(11,3)7-10/h9,11,13H,5-7H2,1-4H3,(H,17,18)/b10-8-/t9-,11-,13-,15+/m1/s1. The second-order valence-electron chi connectivity index (χ2n) is 6.21. The van der Waals surface area contributed by atoms with E-state index in [1.807, 2.05) is 6.92 Å². The maximum absolute atomic E-state index is 12.0. The molecule has 2 saturated carbocycles. The number of rotatable bonds is 2. The van der Waals surface area contributed by atoms with E-state index in [1.165, 1.54) is 0 Å². The van der Waals surface area contributed by atoms with E-state index in [0.29, 0.717) is 18.4 Å². The molecule has 0 aromatic carbocycles. The van der Waals surface area contributed by atoms with Gasteiger partial charge in [-0.3, -0.25) is 4.79 Å². The Balaban J connectivity index is 2.40. The summed E-state index contributed by atoms with van der Waals surface area (Å²) in [7, 11) is 1.64. The molecule has 0 saturated heterocycles. The van der Waals surface area contributed by atoms with Crippen LogP contribution in [0.5, 0.6) is 0 Å². The van der Waals surface area contributed by atoms with Gasteiger partial charge >= 0.3 is 5.97 Å². The number of allylic oxidation sites excluding steroid dienone is 1. The van der Waals surface area contributed by atoms with Crippen LogP contribution in [0.4, 0.5) is 0 Å². The lowest BCUT2D eigenvalue weighted by atomic mass is 9.63. The molecule has 0 radical (unpaired) electrons. The van der Waals surface area contributed by atoms with Crippen LogP contribution in [0.15, 0.2) is 11.1 Å². The summed E-state index contributed by atoms with van der Waals surface area (Å²) in [5.41, 5.74) is 1.29. The minimum atomic E-state index is -0.856. The lowest BCUT2D eigenvalue weighted by molar-refractivity contribution is -0.142. The van der Waals surface area contributed by atoms with E-state index in [9.17, 15) is 9.59 Å². The third-order valence-electron chi connectivity index (χ3n) is 5.28. The Morgan fingerprint density at radius 2 is 2.05 bits per heavy atom. The van der Waals surface area contributed by atoms with E-state index < -0.39 is 5.97 Å². The van der Waals surface area contributed by atoms with Crippen LogP contribution in [0.2, 0.25) is 0 Å². The fourth-order valence-corrected chi connectivity index (χ4v) is 3.88. The van der Waals surface area contributed by atoms with Gasteiger partial charge in [0.1, 0.15) is 5.78 Å². The van der Waals surface area contributed by atoms with Gasteiger partial charge in [-0.05, 0) is 25.7 Å². The van der Waals surface area contributed by atoms with Crippen LogP contribution in [0.3, 0.4) is 0 Å². The fraction of sp³-hybridized carbons (Fsp3) is 0.733. The first-order valence-electron chi connectivity index (χ1n) is 6.78. The van der Waals surface area contributed by atoms with Gasteiger partial charge in [0.15, 0.2) is 0 Å². The van der Waals surface area contributed by atoms with Crippen molar-refractivity contribution in [1.29, 1.82) is 0 Å². The number of carboxylic acids is 1. The highest BCUT2D eigenvalue weighted by Crippen LogP contribution is 2.56. The molecule has 0 heterocycles. The van der Waals surface area contributed by atoms with Crippen molar-refractivity contribution < 1.29 is 19.4 Å². The van der Waals surface area contributed by atoms with Crippen LogP contribution in [0.1, 0.15) is 40.0 Å². The van der Waals surface area contributed by atoms with Crippen molar-refractivity contribution in [3.05, 3.63) is 11.1 Å². The van der Waals surface area contributed by atoms with Crippen molar-refractivity contribution in [2.45, 2.75) is 46.1 Å². The zero-order chi connectivity index (χ0) is 14.4. The first kappa shape index (κ1) is 14.3. The normalized spacial score (nSPS) is 41.1. The molecule has 0 bridgehead atoms. The molecule has 0 aromatic heterocycles. The predicted octanol–water partition coefficient (Wildman–Crippen LogP) is 2.43. The lowest BCUT2D eigenvalue weighted by Crippen LogP contribution is -2.48. The van der Waals surface area contributed by atoms with Gasteiger partial charge in [0.2, 0.25) is 0 Å². The Labute approximate surface area is 113 Å². The Hall–Kier alpha value is -1.16. The number of methoxy groups -OCH3 is 1. The number of hydrogen-bond acceptors (Lipinski definition) is 3. The zero-order valence-corrected chi connectivity index (χ0v) is 12.0. The van der Waals surface area contributed by atoms with E-state index in [1.54, 1.807) is 14.0 Å². The highest BCUT2D eigenvalue weighted by Gasteiger charge is 2.54. The first-order valence-corrected chi connectivity index (χ1v) is 6.78. The molecule has 19 heavy (non-hydrogen) atoms. The van der Waals surface area contributed by atoms with Gasteiger partial charge in [-0.25, -0.2) is 4.79 Å². The molecule has 4 heteroatoms. The molecular formula is C15H22O4. The van der Waals surface area contributed by atoms with Gasteiger partial charge in [0.05, 0.1) is 6.10 Å². The number of ketones is 1. The van der Waals surface area contributed by atoms with E-state index >= 15 is 0 Å². The molecule has 4 atom stereocenters. The number of fused-ring (bicyclic) bond motifs is 1. The number of hydrogen-bond donors (Lipinski definition) is 1. The van der Waals surface area contributed by atoms with E-state index in [2.05, 4.69) is 6.92 Å². The number of carbonyl (C=O) groups is 2. The highest BCUT2D eigenvalue weighted by atomic mass is 16.5. The molecular weight excluding hydrogens is 244 g/mol. The van der Waals surface area contributed by atoms with Crippen LogP contribution >= 0.6 is 0 Å². The Kier molecular flexibility index (Phi) is 3.56. The summed E-state index contributed by atoms with van der Waals surface area (Å²) < 4.78 is 5.52. The maximum Gasteiger partial charge on any atom is 0.331 e. The minimum Gasteiger partial charge on any atom is -0.478 e. The summed E-state index contributed by atoms with van der Waals surface area (Å²) in [5, 5.41) is 9.14. The molecule has 0 aromatic rings. The quantitative estimate of drug-likeness (QED) is 0.780. The van der Waals surface area contributed by atoms with Gasteiger partial charge in [-0.1, -0.05) is 19.4 Å². The third-order valence-corrected chi connectivity index (χ3v) is 5.28. The fourth-order valence-electron chi connectivity index (χ4n) is 3.88. The van der Waals surface area contributed by atoms with Crippen LogP contribution in [0.25, 0.3) is 0 Å². The van der Waals surface area contributed by atoms with Gasteiger partial charge in [-0.15, -0.1) is 0 Å². The van der Waals surface area contributed by atoms with Crippen molar-refractivity contribution in [3.8, 4) is 0 Å². The van der Waals surface area contributed by atoms with Crippen molar-refractivity contribution in [2.24, 2.45) is 17.3 Å². The summed E-state index contributed by atoms with van der Waals surface area (Å²) in [6.07, 6.45) is 1.79. The van der Waals surface area contributed by atoms with Crippen LogP contribution in [0, 0.1) is 17.3 Å². The summed E-state index contributed by atoms with van der Waals surface area (Å²) in [6.45, 7) is 5.76. The number of ether oxygens (including phenoxy) is 1. The zero-order valence-electron chi connectivity index (χ0n) is 12.0. The molecule has 4 nitrogen and oxygen atoms in total. The van der Waals surface area contributed by atoms with E-state index in [4.69, 9.17) is 9.84 Å². The molecule has 0 spiro atoms. The second kappa shape index (κ2) is 4.75.